The molecule has 11 nitrogen and oxygen atoms in total. The van der Waals surface area contributed by atoms with Crippen LogP contribution in [0.5, 0.6) is 0 Å². The Morgan fingerprint density at radius 2 is 1.97 bits per heavy atom. The zero-order valence-electron chi connectivity index (χ0n) is 21.1. The third-order valence-electron chi connectivity index (χ3n) is 6.34. The average Bonchev–Trinajstić information content (AvgIpc) is 3.36. The predicted octanol–water partition coefficient (Wildman–Crippen LogP) is 2.70. The number of aromatic nitrogens is 3. The number of hydroxylamine groups is 1. The van der Waals surface area contributed by atoms with E-state index in [2.05, 4.69) is 20.8 Å². The third kappa shape index (κ3) is 4.59. The van der Waals surface area contributed by atoms with Gasteiger partial charge in [0.1, 0.15) is 5.56 Å². The first kappa shape index (κ1) is 25.4. The summed E-state index contributed by atoms with van der Waals surface area (Å²) in [7, 11) is -2.59. The van der Waals surface area contributed by atoms with Gasteiger partial charge in [0, 0.05) is 30.3 Å². The Labute approximate surface area is 219 Å². The van der Waals surface area contributed by atoms with Crippen LogP contribution in [0.15, 0.2) is 59.7 Å². The van der Waals surface area contributed by atoms with Gasteiger partial charge in [-0.1, -0.05) is 19.1 Å². The van der Waals surface area contributed by atoms with E-state index in [9.17, 15) is 18.0 Å². The van der Waals surface area contributed by atoms with Crippen LogP contribution < -0.4 is 20.5 Å². The highest BCUT2D eigenvalue weighted by atomic mass is 32.2. The summed E-state index contributed by atoms with van der Waals surface area (Å²) in [5.74, 6) is -0.856. The Bertz CT molecular complexity index is 1720. The normalized spacial score (nSPS) is 12.7. The zero-order valence-corrected chi connectivity index (χ0v) is 21.9. The van der Waals surface area contributed by atoms with Crippen molar-refractivity contribution in [2.45, 2.75) is 19.8 Å². The van der Waals surface area contributed by atoms with Crippen LogP contribution in [0.1, 0.15) is 28.4 Å². The van der Waals surface area contributed by atoms with Crippen LogP contribution in [0, 0.1) is 0 Å². The molecule has 3 heterocycles. The molecule has 5 rings (SSSR count). The van der Waals surface area contributed by atoms with E-state index in [1.54, 1.807) is 16.7 Å². The topological polar surface area (TPSA) is 136 Å². The van der Waals surface area contributed by atoms with E-state index in [1.807, 2.05) is 37.3 Å². The number of nitrogens with one attached hydrogen (secondary N) is 2. The van der Waals surface area contributed by atoms with Gasteiger partial charge in [0.25, 0.3) is 5.91 Å². The highest BCUT2D eigenvalue weighted by Gasteiger charge is 2.26. The number of carbonyl (C=O) groups is 1. The summed E-state index contributed by atoms with van der Waals surface area (Å²) in [6.45, 7) is 2.80. The maximum absolute atomic E-state index is 13.3. The number of pyridine rings is 1. The summed E-state index contributed by atoms with van der Waals surface area (Å²) in [6.07, 6.45) is 5.27. The van der Waals surface area contributed by atoms with Gasteiger partial charge in [-0.25, -0.2) is 23.2 Å². The smallest absolute Gasteiger partial charge is 0.280 e. The van der Waals surface area contributed by atoms with Crippen LogP contribution in [0.25, 0.3) is 16.7 Å². The molecular weight excluding hydrogens is 508 g/mol. The summed E-state index contributed by atoms with van der Waals surface area (Å²) in [6, 6.07) is 12.8. The maximum atomic E-state index is 13.3. The fraction of sp³-hybridized carbons (Fsp3) is 0.231. The fourth-order valence-corrected chi connectivity index (χ4v) is 5.35. The number of nitrogens with zero attached hydrogens (tertiary/aromatic N) is 4. The molecule has 1 amide bonds. The molecule has 4 aromatic rings. The second kappa shape index (κ2) is 9.88. The molecule has 12 heteroatoms. The molecule has 38 heavy (non-hydrogen) atoms. The molecule has 0 unspecified atom stereocenters. The van der Waals surface area contributed by atoms with Gasteiger partial charge >= 0.3 is 0 Å². The van der Waals surface area contributed by atoms with Crippen molar-refractivity contribution >= 4 is 44.3 Å². The molecule has 2 N–H and O–H groups in total. The second-order valence-corrected chi connectivity index (χ2v) is 10.7. The monoisotopic (exact) mass is 534 g/mol. The highest BCUT2D eigenvalue weighted by Crippen LogP contribution is 2.32. The lowest BCUT2D eigenvalue weighted by Gasteiger charge is -2.22. The van der Waals surface area contributed by atoms with E-state index in [1.165, 1.54) is 19.5 Å². The number of sulfonamides is 1. The van der Waals surface area contributed by atoms with Crippen LogP contribution in [-0.4, -0.2) is 48.8 Å². The molecule has 2 aromatic heterocycles. The largest absolute Gasteiger partial charge is 0.384 e. The Morgan fingerprint density at radius 1 is 1.21 bits per heavy atom. The van der Waals surface area contributed by atoms with Gasteiger partial charge in [0.2, 0.25) is 21.4 Å². The van der Waals surface area contributed by atoms with Crippen molar-refractivity contribution in [3.63, 3.8) is 0 Å². The van der Waals surface area contributed by atoms with Crippen LogP contribution in [0.4, 0.5) is 17.3 Å². The van der Waals surface area contributed by atoms with Crippen molar-refractivity contribution in [2.75, 3.05) is 29.5 Å². The number of carbonyl (C=O) groups excluding carboxylic acids is 1. The standard InChI is InChI=1S/C26H26N6O5S/c1-4-16-5-7-18(8-6-16)31-15-21(25(34)30-37-2)23(33)20-14-28-26(29-24(20)31)32(38(3,35)36)19-9-10-22-17(13-19)11-12-27-22/h5-10,13-15,27H,4,11-12H2,1-3H3,(H,30,34). The number of hydrogen-bond donors (Lipinski definition) is 2. The van der Waals surface area contributed by atoms with Crippen molar-refractivity contribution < 1.29 is 18.0 Å². The molecule has 0 saturated carbocycles. The Balaban J connectivity index is 1.75. The van der Waals surface area contributed by atoms with Crippen molar-refractivity contribution in [3.05, 3.63) is 81.8 Å². The van der Waals surface area contributed by atoms with Crippen LogP contribution in [0.3, 0.4) is 0 Å². The number of aryl methyl sites for hydroxylation is 1. The summed E-state index contributed by atoms with van der Waals surface area (Å²) in [5, 5.41) is 3.30. The first-order valence-electron chi connectivity index (χ1n) is 11.9. The van der Waals surface area contributed by atoms with Crippen molar-refractivity contribution in [3.8, 4) is 5.69 Å². The molecule has 0 radical (unpaired) electrons. The SMILES string of the molecule is CCc1ccc(-n2cc(C(=O)NOC)c(=O)c3cnc(N(c4ccc5c(c4)CCN5)S(C)(=O)=O)nc32)cc1. The minimum atomic E-state index is -3.86. The second-order valence-electron chi connectivity index (χ2n) is 8.85. The van der Waals surface area contributed by atoms with E-state index in [0.29, 0.717) is 11.4 Å². The number of anilines is 3. The minimum Gasteiger partial charge on any atom is -0.384 e. The van der Waals surface area contributed by atoms with Crippen molar-refractivity contribution in [2.24, 2.45) is 0 Å². The first-order chi connectivity index (χ1) is 18.2. The number of benzene rings is 2. The zero-order chi connectivity index (χ0) is 27.0. The average molecular weight is 535 g/mol. The predicted molar refractivity (Wildman–Crippen MR) is 145 cm³/mol. The first-order valence-corrected chi connectivity index (χ1v) is 13.8. The Hall–Kier alpha value is -4.29. The van der Waals surface area contributed by atoms with Gasteiger partial charge in [0.15, 0.2) is 5.65 Å². The van der Waals surface area contributed by atoms with Gasteiger partial charge in [-0.3, -0.25) is 14.4 Å². The van der Waals surface area contributed by atoms with Crippen molar-refractivity contribution in [1.82, 2.24) is 20.0 Å². The van der Waals surface area contributed by atoms with Gasteiger partial charge in [-0.05, 0) is 54.3 Å². The number of rotatable bonds is 7. The molecule has 1 aliphatic rings. The molecule has 0 spiro atoms. The Kier molecular flexibility index (Phi) is 6.59. The molecule has 0 fully saturated rings. The maximum Gasteiger partial charge on any atom is 0.280 e. The van der Waals surface area contributed by atoms with Crippen LogP contribution in [-0.2, 0) is 27.7 Å². The molecule has 2 aromatic carbocycles. The van der Waals surface area contributed by atoms with Gasteiger partial charge in [-0.2, -0.15) is 4.98 Å². The summed E-state index contributed by atoms with van der Waals surface area (Å²) in [5.41, 5.74) is 5.56. The van der Waals surface area contributed by atoms with E-state index >= 15 is 0 Å². The lowest BCUT2D eigenvalue weighted by molar-refractivity contribution is 0.0536. The molecule has 0 saturated heterocycles. The van der Waals surface area contributed by atoms with E-state index in [0.717, 1.165) is 46.8 Å². The van der Waals surface area contributed by atoms with Crippen LogP contribution in [0.2, 0.25) is 0 Å². The van der Waals surface area contributed by atoms with Gasteiger partial charge in [-0.15, -0.1) is 0 Å². The third-order valence-corrected chi connectivity index (χ3v) is 7.38. The molecule has 1 aliphatic heterocycles. The Morgan fingerprint density at radius 3 is 2.66 bits per heavy atom. The molecule has 0 aliphatic carbocycles. The fourth-order valence-electron chi connectivity index (χ4n) is 4.47. The lowest BCUT2D eigenvalue weighted by atomic mass is 10.1. The number of fused-ring (bicyclic) bond motifs is 2. The number of hydrogen-bond acceptors (Lipinski definition) is 8. The number of amides is 1. The molecule has 196 valence electrons. The lowest BCUT2D eigenvalue weighted by Crippen LogP contribution is -2.30. The molecular formula is C26H26N6O5S. The van der Waals surface area contributed by atoms with Gasteiger partial charge < -0.3 is 9.88 Å². The molecule has 0 atom stereocenters. The van der Waals surface area contributed by atoms with Crippen molar-refractivity contribution in [1.29, 1.82) is 0 Å². The molecule has 0 bridgehead atoms. The summed E-state index contributed by atoms with van der Waals surface area (Å²) >= 11 is 0. The van der Waals surface area contributed by atoms with E-state index < -0.39 is 21.4 Å². The summed E-state index contributed by atoms with van der Waals surface area (Å²) < 4.78 is 28.6. The summed E-state index contributed by atoms with van der Waals surface area (Å²) in [4.78, 5) is 39.4. The highest BCUT2D eigenvalue weighted by molar-refractivity contribution is 7.92. The van der Waals surface area contributed by atoms with Crippen LogP contribution >= 0.6 is 0 Å². The van der Waals surface area contributed by atoms with Gasteiger partial charge in [0.05, 0.1) is 24.4 Å². The minimum absolute atomic E-state index is 0.0451. The van der Waals surface area contributed by atoms with E-state index in [4.69, 9.17) is 4.84 Å². The quantitative estimate of drug-likeness (QED) is 0.346. The van der Waals surface area contributed by atoms with E-state index in [-0.39, 0.29) is 22.5 Å².